The van der Waals surface area contributed by atoms with Crippen LogP contribution >= 0.6 is 0 Å². The van der Waals surface area contributed by atoms with Gasteiger partial charge in [0.1, 0.15) is 0 Å². The Morgan fingerprint density at radius 3 is 2.67 bits per heavy atom. The maximum Gasteiger partial charge on any atom is 0.225 e. The van der Waals surface area contributed by atoms with Gasteiger partial charge in [-0.25, -0.2) is 18.4 Å². The fourth-order valence-corrected chi connectivity index (χ4v) is 5.19. The van der Waals surface area contributed by atoms with Crippen molar-refractivity contribution in [2.75, 3.05) is 30.3 Å². The number of hydrogen-bond donors (Lipinski definition) is 0. The number of fused-ring (bicyclic) bond motifs is 4. The molecule has 7 heteroatoms. The summed E-state index contributed by atoms with van der Waals surface area (Å²) in [6, 6.07) is 1.86. The molecular weight excluding hydrogens is 288 g/mol. The second kappa shape index (κ2) is 5.88. The third-order valence-corrected chi connectivity index (χ3v) is 6.40. The van der Waals surface area contributed by atoms with Crippen LogP contribution in [0.5, 0.6) is 0 Å². The molecule has 0 unspecified atom stereocenters. The van der Waals surface area contributed by atoms with Crippen LogP contribution in [0.4, 0.5) is 5.95 Å². The molecule has 21 heavy (non-hydrogen) atoms. The molecule has 3 saturated heterocycles. The van der Waals surface area contributed by atoms with Crippen molar-refractivity contribution < 1.29 is 8.42 Å². The lowest BCUT2D eigenvalue weighted by Crippen LogP contribution is -2.48. The van der Waals surface area contributed by atoms with Crippen molar-refractivity contribution in [2.24, 2.45) is 5.92 Å². The van der Waals surface area contributed by atoms with Crippen molar-refractivity contribution in [2.45, 2.75) is 32.2 Å². The minimum absolute atomic E-state index is 0.0594. The number of aromatic nitrogens is 2. The van der Waals surface area contributed by atoms with Gasteiger partial charge in [0.15, 0.2) is 0 Å². The fraction of sp³-hybridized carbons (Fsp3) is 0.714. The molecule has 0 saturated carbocycles. The van der Waals surface area contributed by atoms with Gasteiger partial charge in [-0.1, -0.05) is 6.92 Å². The molecular formula is C14H22N4O2S. The van der Waals surface area contributed by atoms with E-state index < -0.39 is 10.0 Å². The summed E-state index contributed by atoms with van der Waals surface area (Å²) in [6.07, 6.45) is 6.17. The zero-order chi connectivity index (χ0) is 14.9. The topological polar surface area (TPSA) is 66.4 Å². The van der Waals surface area contributed by atoms with E-state index in [4.69, 9.17) is 0 Å². The summed E-state index contributed by atoms with van der Waals surface area (Å²) in [5.74, 6) is 1.33. The Balaban J connectivity index is 1.83. The minimum Gasteiger partial charge on any atom is -0.339 e. The first-order valence-electron chi connectivity index (χ1n) is 7.61. The summed E-state index contributed by atoms with van der Waals surface area (Å²) in [6.45, 7) is 4.11. The van der Waals surface area contributed by atoms with E-state index in [-0.39, 0.29) is 11.8 Å². The molecule has 3 fully saturated rings. The van der Waals surface area contributed by atoms with E-state index in [9.17, 15) is 8.42 Å². The van der Waals surface area contributed by atoms with Gasteiger partial charge >= 0.3 is 0 Å². The van der Waals surface area contributed by atoms with Crippen molar-refractivity contribution >= 4 is 16.0 Å². The quantitative estimate of drug-likeness (QED) is 0.833. The van der Waals surface area contributed by atoms with E-state index in [0.717, 1.165) is 19.4 Å². The Bertz CT molecular complexity index is 578. The molecule has 6 nitrogen and oxygen atoms in total. The third-order valence-electron chi connectivity index (χ3n) is 4.32. The molecule has 1 aromatic heterocycles. The fourth-order valence-electron chi connectivity index (χ4n) is 3.37. The van der Waals surface area contributed by atoms with Crippen LogP contribution < -0.4 is 4.90 Å². The Labute approximate surface area is 126 Å². The Morgan fingerprint density at radius 1 is 1.19 bits per heavy atom. The highest BCUT2D eigenvalue weighted by Gasteiger charge is 2.40. The predicted molar refractivity (Wildman–Crippen MR) is 81.5 cm³/mol. The maximum atomic E-state index is 12.4. The predicted octanol–water partition coefficient (Wildman–Crippen LogP) is 1.12. The van der Waals surface area contributed by atoms with E-state index in [1.54, 1.807) is 22.8 Å². The van der Waals surface area contributed by atoms with Crippen molar-refractivity contribution in [3.05, 3.63) is 18.5 Å². The van der Waals surface area contributed by atoms with E-state index in [1.165, 1.54) is 0 Å². The highest BCUT2D eigenvalue weighted by Crippen LogP contribution is 2.31. The van der Waals surface area contributed by atoms with E-state index in [1.807, 2.05) is 6.92 Å². The Hall–Kier alpha value is -1.21. The number of rotatable bonds is 4. The number of anilines is 1. The monoisotopic (exact) mass is 310 g/mol. The average Bonchev–Trinajstić information content (AvgIpc) is 2.80. The van der Waals surface area contributed by atoms with Crippen molar-refractivity contribution in [3.8, 4) is 0 Å². The van der Waals surface area contributed by atoms with Gasteiger partial charge in [-0.3, -0.25) is 0 Å². The van der Waals surface area contributed by atoms with Crippen molar-refractivity contribution in [3.63, 3.8) is 0 Å². The standard InChI is InChI=1S/C14H22N4O2S/c1-2-8-21(19,20)18-10-12-4-5-13(18)11-17(9-12)14-15-6-3-7-16-14/h3,6-7,12-13H,2,4-5,8-11H2,1H3/t12-,13+/m0/s1. The molecule has 0 N–H and O–H groups in total. The Kier molecular flexibility index (Phi) is 4.12. The van der Waals surface area contributed by atoms with Crippen molar-refractivity contribution in [1.82, 2.24) is 14.3 Å². The van der Waals surface area contributed by atoms with Gasteiger partial charge < -0.3 is 4.90 Å². The largest absolute Gasteiger partial charge is 0.339 e. The highest BCUT2D eigenvalue weighted by atomic mass is 32.2. The van der Waals surface area contributed by atoms with Gasteiger partial charge in [-0.2, -0.15) is 4.31 Å². The lowest BCUT2D eigenvalue weighted by Gasteiger charge is -2.34. The summed E-state index contributed by atoms with van der Waals surface area (Å²) in [4.78, 5) is 10.8. The normalized spacial score (nSPS) is 26.8. The van der Waals surface area contributed by atoms with Crippen LogP contribution in [0.3, 0.4) is 0 Å². The van der Waals surface area contributed by atoms with Gasteiger partial charge in [0, 0.05) is 38.1 Å². The third kappa shape index (κ3) is 3.03. The first-order valence-corrected chi connectivity index (χ1v) is 9.22. The number of piperidine rings is 1. The molecule has 0 radical (unpaired) electrons. The molecule has 4 rings (SSSR count). The molecule has 0 aliphatic carbocycles. The SMILES string of the molecule is CCCS(=O)(=O)N1C[C@H]2CC[C@@H]1CN(c1ncccn1)C2. The van der Waals surface area contributed by atoms with Crippen molar-refractivity contribution in [1.29, 1.82) is 0 Å². The van der Waals surface area contributed by atoms with Crippen LogP contribution in [-0.2, 0) is 10.0 Å². The summed E-state index contributed by atoms with van der Waals surface area (Å²) in [5.41, 5.74) is 0. The summed E-state index contributed by atoms with van der Waals surface area (Å²) >= 11 is 0. The number of sulfonamides is 1. The lowest BCUT2D eigenvalue weighted by atomic mass is 9.97. The molecule has 2 bridgehead atoms. The molecule has 0 aromatic carbocycles. The lowest BCUT2D eigenvalue weighted by molar-refractivity contribution is 0.230. The molecule has 1 aromatic rings. The maximum absolute atomic E-state index is 12.4. The van der Waals surface area contributed by atoms with Gasteiger partial charge in [0.05, 0.1) is 5.75 Å². The molecule has 3 aliphatic heterocycles. The van der Waals surface area contributed by atoms with Crippen LogP contribution in [-0.4, -0.2) is 54.1 Å². The molecule has 0 amide bonds. The van der Waals surface area contributed by atoms with Gasteiger partial charge in [-0.15, -0.1) is 0 Å². The zero-order valence-corrected chi connectivity index (χ0v) is 13.2. The van der Waals surface area contributed by atoms with E-state index >= 15 is 0 Å². The zero-order valence-electron chi connectivity index (χ0n) is 12.4. The average molecular weight is 310 g/mol. The van der Waals surface area contributed by atoms with Crippen LogP contribution in [0.2, 0.25) is 0 Å². The first-order chi connectivity index (χ1) is 10.1. The summed E-state index contributed by atoms with van der Waals surface area (Å²) in [5, 5.41) is 0. The molecule has 116 valence electrons. The van der Waals surface area contributed by atoms with E-state index in [0.29, 0.717) is 31.4 Å². The second-order valence-corrected chi connectivity index (χ2v) is 7.98. The van der Waals surface area contributed by atoms with Gasteiger partial charge in [0.2, 0.25) is 16.0 Å². The molecule has 0 spiro atoms. The second-order valence-electron chi connectivity index (χ2n) is 5.94. The number of nitrogens with zero attached hydrogens (tertiary/aromatic N) is 4. The minimum atomic E-state index is -3.13. The number of hydrogen-bond acceptors (Lipinski definition) is 5. The Morgan fingerprint density at radius 2 is 1.95 bits per heavy atom. The van der Waals surface area contributed by atoms with E-state index in [2.05, 4.69) is 14.9 Å². The van der Waals surface area contributed by atoms with Crippen LogP contribution in [0, 0.1) is 5.92 Å². The highest BCUT2D eigenvalue weighted by molar-refractivity contribution is 7.89. The van der Waals surface area contributed by atoms with Crippen LogP contribution in [0.1, 0.15) is 26.2 Å². The van der Waals surface area contributed by atoms with Crippen LogP contribution in [0.15, 0.2) is 18.5 Å². The smallest absolute Gasteiger partial charge is 0.225 e. The summed E-state index contributed by atoms with van der Waals surface area (Å²) < 4.78 is 26.6. The molecule has 4 heterocycles. The van der Waals surface area contributed by atoms with Crippen LogP contribution in [0.25, 0.3) is 0 Å². The first kappa shape index (κ1) is 14.7. The van der Waals surface area contributed by atoms with Gasteiger partial charge in [0.25, 0.3) is 0 Å². The van der Waals surface area contributed by atoms with Gasteiger partial charge in [-0.05, 0) is 31.2 Å². The molecule has 2 atom stereocenters. The summed E-state index contributed by atoms with van der Waals surface area (Å²) in [7, 11) is -3.13. The molecule has 3 aliphatic rings.